The van der Waals surface area contributed by atoms with Gasteiger partial charge in [-0.1, -0.05) is 0 Å². The lowest BCUT2D eigenvalue weighted by molar-refractivity contribution is 0.0731. The zero-order chi connectivity index (χ0) is 16.8. The Hall–Kier alpha value is -0.680. The largest absolute Gasteiger partial charge is 0.598 e. The lowest BCUT2D eigenvalue weighted by atomic mass is 9.58. The number of halogens is 2. The van der Waals surface area contributed by atoms with Crippen LogP contribution in [0.25, 0.3) is 0 Å². The van der Waals surface area contributed by atoms with E-state index in [1.807, 2.05) is 27.7 Å². The van der Waals surface area contributed by atoms with Gasteiger partial charge in [0.15, 0.2) is 0 Å². The third-order valence-corrected chi connectivity index (χ3v) is 5.88. The van der Waals surface area contributed by atoms with Gasteiger partial charge in [-0.05, 0) is 62.5 Å². The molecular weight excluding hydrogens is 369 g/mol. The molecule has 0 amide bonds. The molecule has 1 aliphatic carbocycles. The summed E-state index contributed by atoms with van der Waals surface area (Å²) >= 11 is 1.80. The molecule has 2 rings (SSSR count). The molecule has 4 nitrogen and oxygen atoms in total. The van der Waals surface area contributed by atoms with E-state index < -0.39 is 32.9 Å². The van der Waals surface area contributed by atoms with Gasteiger partial charge < -0.3 is 4.55 Å². The van der Waals surface area contributed by atoms with Crippen molar-refractivity contribution < 1.29 is 8.94 Å². The van der Waals surface area contributed by atoms with Gasteiger partial charge in [-0.3, -0.25) is 4.98 Å². The summed E-state index contributed by atoms with van der Waals surface area (Å²) in [4.78, 5) is 4.18. The summed E-state index contributed by atoms with van der Waals surface area (Å²) in [5, 5.41) is 9.26. The molecule has 7 heteroatoms. The molecular formula is C15H19BrFN3OS. The topological polar surface area (TPSA) is 71.8 Å². The maximum absolute atomic E-state index is 14.4. The first kappa shape index (κ1) is 17.7. The van der Waals surface area contributed by atoms with E-state index in [4.69, 9.17) is 0 Å². The van der Waals surface area contributed by atoms with Crippen molar-refractivity contribution in [3.8, 4) is 6.07 Å². The first-order chi connectivity index (χ1) is 10.0. The quantitative estimate of drug-likeness (QED) is 0.804. The molecule has 1 aromatic heterocycles. The number of hydrogen-bond acceptors (Lipinski definition) is 4. The van der Waals surface area contributed by atoms with Crippen LogP contribution in [0.15, 0.2) is 16.7 Å². The first-order valence-corrected chi connectivity index (χ1v) is 8.88. The highest BCUT2D eigenvalue weighted by atomic mass is 79.9. The SMILES string of the molecule is CC1(C#N)CC(N[S@+]([O-])C(C)(C)C)(c2ncc(Br)cc2F)C1. The van der Waals surface area contributed by atoms with Crippen molar-refractivity contribution in [2.45, 2.75) is 50.8 Å². The molecule has 1 aromatic rings. The fourth-order valence-electron chi connectivity index (χ4n) is 2.74. The van der Waals surface area contributed by atoms with Crippen LogP contribution in [0, 0.1) is 22.6 Å². The summed E-state index contributed by atoms with van der Waals surface area (Å²) in [7, 11) is 0. The van der Waals surface area contributed by atoms with Crippen molar-refractivity contribution in [2.24, 2.45) is 5.41 Å². The molecule has 1 fully saturated rings. The van der Waals surface area contributed by atoms with Crippen molar-refractivity contribution >= 4 is 27.3 Å². The average Bonchev–Trinajstić information content (AvgIpc) is 2.35. The highest BCUT2D eigenvalue weighted by molar-refractivity contribution is 9.10. The fraction of sp³-hybridized carbons (Fsp3) is 0.600. The summed E-state index contributed by atoms with van der Waals surface area (Å²) in [5.41, 5.74) is -1.20. The van der Waals surface area contributed by atoms with Crippen LogP contribution in [0.4, 0.5) is 4.39 Å². The van der Waals surface area contributed by atoms with E-state index in [9.17, 15) is 14.2 Å². The van der Waals surface area contributed by atoms with Crippen molar-refractivity contribution in [3.05, 3.63) is 28.2 Å². The molecule has 22 heavy (non-hydrogen) atoms. The molecule has 1 heterocycles. The molecule has 120 valence electrons. The van der Waals surface area contributed by atoms with Gasteiger partial charge in [0.05, 0.1) is 11.5 Å². The lowest BCUT2D eigenvalue weighted by Crippen LogP contribution is -2.61. The molecule has 0 bridgehead atoms. The van der Waals surface area contributed by atoms with Crippen LogP contribution in [-0.4, -0.2) is 14.3 Å². The Kier molecular flexibility index (Phi) is 4.62. The smallest absolute Gasteiger partial charge is 0.147 e. The molecule has 0 saturated heterocycles. The van der Waals surface area contributed by atoms with Crippen molar-refractivity contribution in [2.75, 3.05) is 0 Å². The second kappa shape index (κ2) is 5.75. The minimum atomic E-state index is -1.38. The molecule has 1 N–H and O–H groups in total. The molecule has 0 unspecified atom stereocenters. The minimum absolute atomic E-state index is 0.223. The van der Waals surface area contributed by atoms with Gasteiger partial charge in [-0.15, -0.1) is 4.72 Å². The maximum atomic E-state index is 14.4. The number of nitrogens with zero attached hydrogens (tertiary/aromatic N) is 2. The van der Waals surface area contributed by atoms with Crippen molar-refractivity contribution in [1.82, 2.24) is 9.71 Å². The Bertz CT molecular complexity index is 620. The van der Waals surface area contributed by atoms with Crippen LogP contribution < -0.4 is 4.72 Å². The predicted molar refractivity (Wildman–Crippen MR) is 87.6 cm³/mol. The third-order valence-electron chi connectivity index (χ3n) is 3.76. The number of pyridine rings is 1. The Morgan fingerprint density at radius 3 is 2.55 bits per heavy atom. The fourth-order valence-corrected chi connectivity index (χ4v) is 3.95. The summed E-state index contributed by atoms with van der Waals surface area (Å²) in [5.74, 6) is -0.465. The van der Waals surface area contributed by atoms with Gasteiger partial charge in [0.25, 0.3) is 0 Å². The van der Waals surface area contributed by atoms with E-state index in [2.05, 4.69) is 31.7 Å². The normalized spacial score (nSPS) is 29.5. The second-order valence-corrected chi connectivity index (χ2v) is 9.96. The van der Waals surface area contributed by atoms with Gasteiger partial charge >= 0.3 is 0 Å². The van der Waals surface area contributed by atoms with Crippen LogP contribution in [0.1, 0.15) is 46.2 Å². The maximum Gasteiger partial charge on any atom is 0.147 e. The van der Waals surface area contributed by atoms with Crippen LogP contribution >= 0.6 is 15.9 Å². The Morgan fingerprint density at radius 2 is 2.09 bits per heavy atom. The van der Waals surface area contributed by atoms with E-state index in [0.29, 0.717) is 17.3 Å². The van der Waals surface area contributed by atoms with Crippen LogP contribution in [0.3, 0.4) is 0 Å². The number of rotatable bonds is 3. The summed E-state index contributed by atoms with van der Waals surface area (Å²) < 4.78 is 29.9. The van der Waals surface area contributed by atoms with Gasteiger partial charge in [0, 0.05) is 22.0 Å². The Balaban J connectivity index is 2.39. The van der Waals surface area contributed by atoms with Crippen LogP contribution in [-0.2, 0) is 16.9 Å². The van der Waals surface area contributed by atoms with Gasteiger partial charge in [0.2, 0.25) is 0 Å². The standard InChI is InChI=1S/C15H19BrFN3OS/c1-13(2,3)22(21)20-15(7-14(4,8-15)9-18)12-11(17)5-10(16)6-19-12/h5-6,20H,7-8H2,1-4H3/t14?,15?,22-/m1/s1. The van der Waals surface area contributed by atoms with E-state index in [0.717, 1.165) is 0 Å². The molecule has 0 radical (unpaired) electrons. The minimum Gasteiger partial charge on any atom is -0.598 e. The number of nitrogens with one attached hydrogen (secondary N) is 1. The van der Waals surface area contributed by atoms with E-state index in [1.165, 1.54) is 12.3 Å². The van der Waals surface area contributed by atoms with E-state index >= 15 is 0 Å². The number of aromatic nitrogens is 1. The average molecular weight is 388 g/mol. The molecule has 1 saturated carbocycles. The first-order valence-electron chi connectivity index (χ1n) is 6.94. The monoisotopic (exact) mass is 387 g/mol. The van der Waals surface area contributed by atoms with Crippen LogP contribution in [0.5, 0.6) is 0 Å². The van der Waals surface area contributed by atoms with Gasteiger partial charge in [-0.25, -0.2) is 4.39 Å². The number of hydrogen-bond donors (Lipinski definition) is 1. The van der Waals surface area contributed by atoms with E-state index in [1.54, 1.807) is 0 Å². The van der Waals surface area contributed by atoms with Crippen LogP contribution in [0.2, 0.25) is 0 Å². The van der Waals surface area contributed by atoms with Gasteiger partial charge in [-0.2, -0.15) is 5.26 Å². The predicted octanol–water partition coefficient (Wildman–Crippen LogP) is 3.55. The summed E-state index contributed by atoms with van der Waals surface area (Å²) in [6.07, 6.45) is 2.28. The van der Waals surface area contributed by atoms with Gasteiger partial charge in [0.1, 0.15) is 21.8 Å². The van der Waals surface area contributed by atoms with Crippen molar-refractivity contribution in [3.63, 3.8) is 0 Å². The number of nitriles is 1. The van der Waals surface area contributed by atoms with Crippen molar-refractivity contribution in [1.29, 1.82) is 5.26 Å². The summed E-state index contributed by atoms with van der Waals surface area (Å²) in [6, 6.07) is 3.59. The molecule has 1 atom stereocenters. The zero-order valence-electron chi connectivity index (χ0n) is 13.0. The third kappa shape index (κ3) is 3.30. The van der Waals surface area contributed by atoms with E-state index in [-0.39, 0.29) is 5.69 Å². The zero-order valence-corrected chi connectivity index (χ0v) is 15.4. The Morgan fingerprint density at radius 1 is 1.50 bits per heavy atom. The molecule has 0 aliphatic heterocycles. The Labute approximate surface area is 141 Å². The molecule has 1 aliphatic rings. The highest BCUT2D eigenvalue weighted by Crippen LogP contribution is 2.54. The lowest BCUT2D eigenvalue weighted by Gasteiger charge is -2.50. The summed E-state index contributed by atoms with van der Waals surface area (Å²) in [6.45, 7) is 7.36. The highest BCUT2D eigenvalue weighted by Gasteiger charge is 2.58. The molecule has 0 aromatic carbocycles. The second-order valence-electron chi connectivity index (χ2n) is 7.08. The molecule has 0 spiro atoms.